The fourth-order valence-electron chi connectivity index (χ4n) is 3.88. The molecule has 0 radical (unpaired) electrons. The van der Waals surface area contributed by atoms with E-state index in [-0.39, 0.29) is 12.5 Å². The molecule has 0 aliphatic carbocycles. The SMILES string of the molecule is O=C(O)[C@@H]1c2ccccc2C(=O)N(Cc2ccccc2)[C@@H]1c1cccc(F)c1. The number of hydrogen-bond donors (Lipinski definition) is 1. The van der Waals surface area contributed by atoms with Gasteiger partial charge < -0.3 is 10.0 Å². The third-order valence-electron chi connectivity index (χ3n) is 5.09. The van der Waals surface area contributed by atoms with E-state index < -0.39 is 23.7 Å². The Morgan fingerprint density at radius 1 is 0.964 bits per heavy atom. The quantitative estimate of drug-likeness (QED) is 0.736. The summed E-state index contributed by atoms with van der Waals surface area (Å²) in [6.07, 6.45) is 0. The van der Waals surface area contributed by atoms with Crippen molar-refractivity contribution in [3.8, 4) is 0 Å². The minimum Gasteiger partial charge on any atom is -0.481 e. The van der Waals surface area contributed by atoms with Crippen LogP contribution in [0.5, 0.6) is 0 Å². The zero-order valence-corrected chi connectivity index (χ0v) is 15.0. The molecule has 0 fully saturated rings. The standard InChI is InChI=1S/C23H18FNO3/c24-17-10-6-9-16(13-17)21-20(23(27)28)18-11-4-5-12-19(18)22(26)25(21)14-15-7-2-1-3-8-15/h1-13,20-21H,14H2,(H,27,28)/t20-,21-/m1/s1. The van der Waals surface area contributed by atoms with Gasteiger partial charge in [-0.3, -0.25) is 9.59 Å². The monoisotopic (exact) mass is 375 g/mol. The number of carbonyl (C=O) groups is 2. The van der Waals surface area contributed by atoms with Crippen molar-refractivity contribution in [3.05, 3.63) is 107 Å². The summed E-state index contributed by atoms with van der Waals surface area (Å²) in [7, 11) is 0. The molecule has 0 spiro atoms. The van der Waals surface area contributed by atoms with E-state index in [9.17, 15) is 19.1 Å². The molecular weight excluding hydrogens is 357 g/mol. The summed E-state index contributed by atoms with van der Waals surface area (Å²) in [4.78, 5) is 27.1. The van der Waals surface area contributed by atoms with Crippen LogP contribution in [-0.4, -0.2) is 21.9 Å². The first kappa shape index (κ1) is 17.9. The maximum atomic E-state index is 13.9. The normalized spacial score (nSPS) is 18.6. The van der Waals surface area contributed by atoms with E-state index in [4.69, 9.17) is 0 Å². The lowest BCUT2D eigenvalue weighted by molar-refractivity contribution is -0.140. The van der Waals surface area contributed by atoms with E-state index in [1.807, 2.05) is 30.3 Å². The predicted octanol–water partition coefficient (Wildman–Crippen LogP) is 4.39. The zero-order valence-electron chi connectivity index (χ0n) is 15.0. The molecule has 3 aromatic rings. The second-order valence-electron chi connectivity index (χ2n) is 6.82. The lowest BCUT2D eigenvalue weighted by Gasteiger charge is -2.41. The maximum Gasteiger partial charge on any atom is 0.313 e. The van der Waals surface area contributed by atoms with E-state index in [0.29, 0.717) is 16.7 Å². The Morgan fingerprint density at radius 2 is 1.68 bits per heavy atom. The first-order valence-electron chi connectivity index (χ1n) is 8.98. The van der Waals surface area contributed by atoms with E-state index >= 15 is 0 Å². The minimum absolute atomic E-state index is 0.235. The van der Waals surface area contributed by atoms with Gasteiger partial charge in [0.25, 0.3) is 5.91 Å². The van der Waals surface area contributed by atoms with Crippen LogP contribution in [-0.2, 0) is 11.3 Å². The van der Waals surface area contributed by atoms with Crippen molar-refractivity contribution in [1.29, 1.82) is 0 Å². The summed E-state index contributed by atoms with van der Waals surface area (Å²) in [5, 5.41) is 10.0. The molecule has 5 heteroatoms. The number of hydrogen-bond acceptors (Lipinski definition) is 2. The number of benzene rings is 3. The van der Waals surface area contributed by atoms with Crippen molar-refractivity contribution in [2.45, 2.75) is 18.5 Å². The summed E-state index contributed by atoms with van der Waals surface area (Å²) >= 11 is 0. The van der Waals surface area contributed by atoms with Crippen molar-refractivity contribution in [2.75, 3.05) is 0 Å². The summed E-state index contributed by atoms with van der Waals surface area (Å²) in [5.74, 6) is -2.76. The van der Waals surface area contributed by atoms with Crippen LogP contribution < -0.4 is 0 Å². The molecule has 0 aromatic heterocycles. The maximum absolute atomic E-state index is 13.9. The van der Waals surface area contributed by atoms with Gasteiger partial charge in [-0.05, 0) is 34.9 Å². The second kappa shape index (κ2) is 7.27. The van der Waals surface area contributed by atoms with Gasteiger partial charge in [-0.1, -0.05) is 60.7 Å². The highest BCUT2D eigenvalue weighted by Gasteiger charge is 2.44. The fraction of sp³-hybridized carbons (Fsp3) is 0.130. The minimum atomic E-state index is -1.05. The number of aliphatic carboxylic acids is 1. The van der Waals surface area contributed by atoms with Crippen LogP contribution in [0.15, 0.2) is 78.9 Å². The highest BCUT2D eigenvalue weighted by atomic mass is 19.1. The summed E-state index contributed by atoms with van der Waals surface area (Å²) in [5.41, 5.74) is 2.17. The number of fused-ring (bicyclic) bond motifs is 1. The Hall–Kier alpha value is -3.47. The average molecular weight is 375 g/mol. The van der Waals surface area contributed by atoms with Gasteiger partial charge in [0, 0.05) is 12.1 Å². The van der Waals surface area contributed by atoms with E-state index in [0.717, 1.165) is 5.56 Å². The van der Waals surface area contributed by atoms with Gasteiger partial charge in [0.05, 0.1) is 6.04 Å². The summed E-state index contributed by atoms with van der Waals surface area (Å²) < 4.78 is 13.9. The molecule has 1 amide bonds. The van der Waals surface area contributed by atoms with Gasteiger partial charge in [0.2, 0.25) is 0 Å². The molecule has 4 rings (SSSR count). The third-order valence-corrected chi connectivity index (χ3v) is 5.09. The first-order chi connectivity index (χ1) is 13.6. The van der Waals surface area contributed by atoms with Crippen LogP contribution in [0.4, 0.5) is 4.39 Å². The highest BCUT2D eigenvalue weighted by molar-refractivity contribution is 6.00. The first-order valence-corrected chi connectivity index (χ1v) is 8.98. The zero-order chi connectivity index (χ0) is 19.7. The Kier molecular flexibility index (Phi) is 4.65. The molecule has 0 bridgehead atoms. The molecule has 0 saturated heterocycles. The van der Waals surface area contributed by atoms with Gasteiger partial charge in [-0.2, -0.15) is 0 Å². The number of carboxylic acid groups (broad SMARTS) is 1. The van der Waals surface area contributed by atoms with Crippen LogP contribution >= 0.6 is 0 Å². The Morgan fingerprint density at radius 3 is 2.39 bits per heavy atom. The summed E-state index contributed by atoms with van der Waals surface area (Å²) in [6, 6.07) is 21.1. The van der Waals surface area contributed by atoms with Crippen LogP contribution in [0.1, 0.15) is 39.0 Å². The van der Waals surface area contributed by atoms with E-state index in [1.165, 1.54) is 23.1 Å². The van der Waals surface area contributed by atoms with Crippen molar-refractivity contribution in [3.63, 3.8) is 0 Å². The number of amides is 1. The molecule has 140 valence electrons. The molecule has 3 aromatic carbocycles. The predicted molar refractivity (Wildman–Crippen MR) is 102 cm³/mol. The van der Waals surface area contributed by atoms with Gasteiger partial charge >= 0.3 is 5.97 Å². The molecule has 1 aliphatic heterocycles. The molecule has 0 unspecified atom stereocenters. The highest BCUT2D eigenvalue weighted by Crippen LogP contribution is 2.43. The molecule has 1 heterocycles. The lowest BCUT2D eigenvalue weighted by atomic mass is 9.79. The smallest absolute Gasteiger partial charge is 0.313 e. The van der Waals surface area contributed by atoms with Gasteiger partial charge in [0.15, 0.2) is 0 Å². The fourth-order valence-corrected chi connectivity index (χ4v) is 3.88. The topological polar surface area (TPSA) is 57.6 Å². The molecule has 2 atom stereocenters. The van der Waals surface area contributed by atoms with Gasteiger partial charge in [-0.15, -0.1) is 0 Å². The number of carboxylic acids is 1. The van der Waals surface area contributed by atoms with E-state index in [1.54, 1.807) is 30.3 Å². The Balaban J connectivity index is 1.90. The number of halogens is 1. The van der Waals surface area contributed by atoms with Gasteiger partial charge in [0.1, 0.15) is 11.7 Å². The molecule has 28 heavy (non-hydrogen) atoms. The number of rotatable bonds is 4. The number of carbonyl (C=O) groups excluding carboxylic acids is 1. The van der Waals surface area contributed by atoms with Crippen LogP contribution in [0.3, 0.4) is 0 Å². The number of nitrogens with zero attached hydrogens (tertiary/aromatic N) is 1. The van der Waals surface area contributed by atoms with Crippen LogP contribution in [0.2, 0.25) is 0 Å². The second-order valence-corrected chi connectivity index (χ2v) is 6.82. The molecule has 1 aliphatic rings. The molecule has 4 nitrogen and oxygen atoms in total. The largest absolute Gasteiger partial charge is 0.481 e. The Bertz CT molecular complexity index is 1030. The average Bonchev–Trinajstić information content (AvgIpc) is 2.70. The van der Waals surface area contributed by atoms with Crippen molar-refractivity contribution in [2.24, 2.45) is 0 Å². The lowest BCUT2D eigenvalue weighted by Crippen LogP contribution is -2.44. The summed E-state index contributed by atoms with van der Waals surface area (Å²) in [6.45, 7) is 0.235. The molecule has 0 saturated carbocycles. The van der Waals surface area contributed by atoms with Gasteiger partial charge in [-0.25, -0.2) is 4.39 Å². The molecular formula is C23H18FNO3. The van der Waals surface area contributed by atoms with Crippen molar-refractivity contribution in [1.82, 2.24) is 4.90 Å². The van der Waals surface area contributed by atoms with Crippen molar-refractivity contribution < 1.29 is 19.1 Å². The third kappa shape index (κ3) is 3.16. The Labute approximate surface area is 161 Å². The van der Waals surface area contributed by atoms with E-state index in [2.05, 4.69) is 0 Å². The van der Waals surface area contributed by atoms with Crippen LogP contribution in [0.25, 0.3) is 0 Å². The molecule has 1 N–H and O–H groups in total. The van der Waals surface area contributed by atoms with Crippen LogP contribution in [0, 0.1) is 5.82 Å². The van der Waals surface area contributed by atoms with Crippen molar-refractivity contribution >= 4 is 11.9 Å².